The van der Waals surface area contributed by atoms with E-state index in [0.29, 0.717) is 31.3 Å². The molecule has 0 aliphatic rings. The Bertz CT molecular complexity index is 1060. The quantitative estimate of drug-likeness (QED) is 0.234. The number of ketones is 1. The second-order valence-electron chi connectivity index (χ2n) is 7.98. The predicted molar refractivity (Wildman–Crippen MR) is 133 cm³/mol. The Kier molecular flexibility index (Phi) is 8.71. The lowest BCUT2D eigenvalue weighted by atomic mass is 10.0. The van der Waals surface area contributed by atoms with Crippen molar-refractivity contribution in [2.24, 2.45) is 0 Å². The molecule has 0 unspecified atom stereocenters. The molecule has 0 aliphatic carbocycles. The summed E-state index contributed by atoms with van der Waals surface area (Å²) in [5, 5.41) is 0. The summed E-state index contributed by atoms with van der Waals surface area (Å²) in [6.07, 6.45) is 3.43. The maximum absolute atomic E-state index is 12.4. The zero-order valence-electron chi connectivity index (χ0n) is 19.8. The molecule has 0 aliphatic heterocycles. The molecular weight excluding hydrogens is 412 g/mol. The van der Waals surface area contributed by atoms with E-state index in [4.69, 9.17) is 14.2 Å². The molecule has 0 saturated carbocycles. The predicted octanol–water partition coefficient (Wildman–Crippen LogP) is 7.08. The minimum Gasteiger partial charge on any atom is -0.490 e. The first-order valence-corrected chi connectivity index (χ1v) is 11.4. The summed E-state index contributed by atoms with van der Waals surface area (Å²) in [6, 6.07) is 21.3. The molecular formula is C29H32O4. The van der Waals surface area contributed by atoms with Crippen LogP contribution < -0.4 is 14.2 Å². The van der Waals surface area contributed by atoms with Gasteiger partial charge in [-0.15, -0.1) is 0 Å². The summed E-state index contributed by atoms with van der Waals surface area (Å²) < 4.78 is 17.2. The average Bonchev–Trinajstić information content (AvgIpc) is 2.83. The van der Waals surface area contributed by atoms with Gasteiger partial charge in [0.25, 0.3) is 0 Å². The molecule has 3 aromatic rings. The van der Waals surface area contributed by atoms with Gasteiger partial charge in [-0.25, -0.2) is 0 Å². The molecule has 0 atom stereocenters. The van der Waals surface area contributed by atoms with Crippen molar-refractivity contribution in [3.63, 3.8) is 0 Å². The highest BCUT2D eigenvalue weighted by molar-refractivity contribution is 6.06. The fraction of sp³-hybridized carbons (Fsp3) is 0.276. The second-order valence-corrected chi connectivity index (χ2v) is 7.98. The van der Waals surface area contributed by atoms with E-state index in [1.165, 1.54) is 5.56 Å². The highest BCUT2D eigenvalue weighted by atomic mass is 16.5. The van der Waals surface area contributed by atoms with Crippen molar-refractivity contribution in [3.8, 4) is 17.2 Å². The summed E-state index contributed by atoms with van der Waals surface area (Å²) in [5.74, 6) is 2.67. The lowest BCUT2D eigenvalue weighted by Crippen LogP contribution is -2.01. The normalized spacial score (nSPS) is 11.1. The molecule has 3 aromatic carbocycles. The average molecular weight is 445 g/mol. The van der Waals surface area contributed by atoms with Gasteiger partial charge in [-0.2, -0.15) is 0 Å². The lowest BCUT2D eigenvalue weighted by molar-refractivity contribution is 0.104. The van der Waals surface area contributed by atoms with Crippen LogP contribution in [0.25, 0.3) is 6.08 Å². The van der Waals surface area contributed by atoms with Crippen LogP contribution in [-0.4, -0.2) is 19.0 Å². The van der Waals surface area contributed by atoms with Gasteiger partial charge in [-0.05, 0) is 66.8 Å². The van der Waals surface area contributed by atoms with E-state index in [1.807, 2.05) is 86.7 Å². The van der Waals surface area contributed by atoms with Gasteiger partial charge in [0.2, 0.25) is 0 Å². The van der Waals surface area contributed by atoms with Gasteiger partial charge < -0.3 is 14.2 Å². The number of carbonyl (C=O) groups is 1. The summed E-state index contributed by atoms with van der Waals surface area (Å²) in [7, 11) is 0. The fourth-order valence-corrected chi connectivity index (χ4v) is 3.33. The monoisotopic (exact) mass is 444 g/mol. The first kappa shape index (κ1) is 24.1. The molecule has 172 valence electrons. The third-order valence-electron chi connectivity index (χ3n) is 5.18. The van der Waals surface area contributed by atoms with E-state index < -0.39 is 0 Å². The number of rotatable bonds is 11. The van der Waals surface area contributed by atoms with Crippen LogP contribution >= 0.6 is 0 Å². The second kappa shape index (κ2) is 11.9. The first-order valence-electron chi connectivity index (χ1n) is 11.4. The van der Waals surface area contributed by atoms with E-state index in [1.54, 1.807) is 6.08 Å². The summed E-state index contributed by atoms with van der Waals surface area (Å²) in [5.41, 5.74) is 3.86. The zero-order chi connectivity index (χ0) is 23.6. The Hall–Kier alpha value is -3.53. The zero-order valence-corrected chi connectivity index (χ0v) is 19.8. The van der Waals surface area contributed by atoms with Gasteiger partial charge >= 0.3 is 0 Å². The van der Waals surface area contributed by atoms with E-state index in [0.717, 1.165) is 28.4 Å². The SMILES string of the molecule is CCOc1ccc(COc2ccc(/C=C/C(=O)c3ccc(C(C)C)cc3)cc2)cc1OCC. The largest absolute Gasteiger partial charge is 0.490 e. The number of hydrogen-bond acceptors (Lipinski definition) is 4. The topological polar surface area (TPSA) is 44.8 Å². The summed E-state index contributed by atoms with van der Waals surface area (Å²) >= 11 is 0. The fourth-order valence-electron chi connectivity index (χ4n) is 3.33. The van der Waals surface area contributed by atoms with Gasteiger partial charge in [0.05, 0.1) is 13.2 Å². The third kappa shape index (κ3) is 6.98. The van der Waals surface area contributed by atoms with Gasteiger partial charge in [0.1, 0.15) is 12.4 Å². The van der Waals surface area contributed by atoms with Crippen molar-refractivity contribution in [1.29, 1.82) is 0 Å². The molecule has 4 nitrogen and oxygen atoms in total. The molecule has 3 rings (SSSR count). The van der Waals surface area contributed by atoms with Crippen molar-refractivity contribution in [1.82, 2.24) is 0 Å². The van der Waals surface area contributed by atoms with Crippen LogP contribution in [0, 0.1) is 0 Å². The van der Waals surface area contributed by atoms with Crippen molar-refractivity contribution in [2.75, 3.05) is 13.2 Å². The first-order chi connectivity index (χ1) is 16.0. The highest BCUT2D eigenvalue weighted by Gasteiger charge is 2.07. The molecule has 0 saturated heterocycles. The number of benzene rings is 3. The Morgan fingerprint density at radius 1 is 0.818 bits per heavy atom. The molecule has 0 radical (unpaired) electrons. The van der Waals surface area contributed by atoms with Gasteiger partial charge in [-0.3, -0.25) is 4.79 Å². The highest BCUT2D eigenvalue weighted by Crippen LogP contribution is 2.29. The van der Waals surface area contributed by atoms with Crippen LogP contribution in [0.1, 0.15) is 60.7 Å². The van der Waals surface area contributed by atoms with E-state index >= 15 is 0 Å². The van der Waals surface area contributed by atoms with Crippen LogP contribution in [0.5, 0.6) is 17.2 Å². The Morgan fingerprint density at radius 3 is 2.12 bits per heavy atom. The molecule has 0 spiro atoms. The molecule has 0 heterocycles. The minimum atomic E-state index is -0.00812. The Balaban J connectivity index is 1.58. The van der Waals surface area contributed by atoms with Crippen molar-refractivity contribution < 1.29 is 19.0 Å². The molecule has 0 fully saturated rings. The lowest BCUT2D eigenvalue weighted by Gasteiger charge is -2.13. The van der Waals surface area contributed by atoms with Crippen LogP contribution in [0.3, 0.4) is 0 Å². The summed E-state index contributed by atoms with van der Waals surface area (Å²) in [4.78, 5) is 12.4. The van der Waals surface area contributed by atoms with E-state index in [2.05, 4.69) is 13.8 Å². The number of carbonyl (C=O) groups excluding carboxylic acids is 1. The molecule has 0 N–H and O–H groups in total. The Labute approximate surface area is 196 Å². The third-order valence-corrected chi connectivity index (χ3v) is 5.18. The number of allylic oxidation sites excluding steroid dienone is 1. The maximum Gasteiger partial charge on any atom is 0.185 e. The number of hydrogen-bond donors (Lipinski definition) is 0. The van der Waals surface area contributed by atoms with Crippen molar-refractivity contribution in [3.05, 3.63) is 95.1 Å². The van der Waals surface area contributed by atoms with E-state index in [9.17, 15) is 4.79 Å². The molecule has 33 heavy (non-hydrogen) atoms. The van der Waals surface area contributed by atoms with Gasteiger partial charge in [0, 0.05) is 5.56 Å². The standard InChI is InChI=1S/C29H32O4/c1-5-31-28-18-10-23(19-29(28)32-6-2)20-33-26-15-7-22(8-16-26)9-17-27(30)25-13-11-24(12-14-25)21(3)4/h7-19,21H,5-6,20H2,1-4H3/b17-9+. The van der Waals surface area contributed by atoms with Gasteiger partial charge in [-0.1, -0.05) is 62.4 Å². The molecule has 0 aromatic heterocycles. The van der Waals surface area contributed by atoms with Crippen LogP contribution in [0.2, 0.25) is 0 Å². The van der Waals surface area contributed by atoms with Crippen molar-refractivity contribution >= 4 is 11.9 Å². The Morgan fingerprint density at radius 2 is 1.48 bits per heavy atom. The molecule has 0 amide bonds. The number of ether oxygens (including phenoxy) is 3. The van der Waals surface area contributed by atoms with Gasteiger partial charge in [0.15, 0.2) is 17.3 Å². The van der Waals surface area contributed by atoms with Crippen LogP contribution in [-0.2, 0) is 6.61 Å². The maximum atomic E-state index is 12.4. The minimum absolute atomic E-state index is 0.00812. The van der Waals surface area contributed by atoms with Crippen LogP contribution in [0.4, 0.5) is 0 Å². The van der Waals surface area contributed by atoms with Crippen LogP contribution in [0.15, 0.2) is 72.8 Å². The molecule has 4 heteroatoms. The molecule has 0 bridgehead atoms. The summed E-state index contributed by atoms with van der Waals surface area (Å²) in [6.45, 7) is 9.77. The van der Waals surface area contributed by atoms with E-state index in [-0.39, 0.29) is 5.78 Å². The smallest absolute Gasteiger partial charge is 0.185 e. The van der Waals surface area contributed by atoms with Crippen molar-refractivity contribution in [2.45, 2.75) is 40.2 Å².